The number of hydrogen-bond donors (Lipinski definition) is 1. The maximum Gasteiger partial charge on any atom is 0.247 e. The van der Waals surface area contributed by atoms with E-state index in [1.165, 1.54) is 5.57 Å². The molecule has 1 aliphatic carbocycles. The summed E-state index contributed by atoms with van der Waals surface area (Å²) in [5.41, 5.74) is 2.34. The predicted molar refractivity (Wildman–Crippen MR) is 110 cm³/mol. The summed E-state index contributed by atoms with van der Waals surface area (Å²) < 4.78 is 11.1. The molecule has 1 aliphatic rings. The molecule has 0 unspecified atom stereocenters. The lowest BCUT2D eigenvalue weighted by atomic mass is 9.70. The van der Waals surface area contributed by atoms with Crippen molar-refractivity contribution in [1.29, 1.82) is 0 Å². The van der Waals surface area contributed by atoms with Crippen LogP contribution in [0.2, 0.25) is 0 Å². The quantitative estimate of drug-likeness (QED) is 0.524. The van der Waals surface area contributed by atoms with Crippen molar-refractivity contribution in [1.82, 2.24) is 20.5 Å². The highest BCUT2D eigenvalue weighted by Gasteiger charge is 2.32. The Bertz CT molecular complexity index is 757. The number of pyridine rings is 1. The molecular formula is C22H32N4O2. The molecule has 0 radical (unpaired) electrons. The van der Waals surface area contributed by atoms with Crippen molar-refractivity contribution in [2.45, 2.75) is 33.6 Å². The summed E-state index contributed by atoms with van der Waals surface area (Å²) in [4.78, 5) is 4.04. The first kappa shape index (κ1) is 20.7. The first-order valence-corrected chi connectivity index (χ1v) is 10.2. The Morgan fingerprint density at radius 3 is 2.75 bits per heavy atom. The first-order chi connectivity index (χ1) is 13.6. The Morgan fingerprint density at radius 1 is 1.25 bits per heavy atom. The van der Waals surface area contributed by atoms with E-state index in [-0.39, 0.29) is 0 Å². The number of methoxy groups -OCH3 is 1. The van der Waals surface area contributed by atoms with E-state index < -0.39 is 0 Å². The smallest absolute Gasteiger partial charge is 0.247 e. The summed E-state index contributed by atoms with van der Waals surface area (Å²) in [5.74, 6) is 3.57. The van der Waals surface area contributed by atoms with Gasteiger partial charge < -0.3 is 14.5 Å². The number of aromatic nitrogens is 3. The van der Waals surface area contributed by atoms with E-state index in [0.717, 1.165) is 38.1 Å². The number of nitrogens with one attached hydrogen (secondary N) is 1. The van der Waals surface area contributed by atoms with Crippen LogP contribution in [-0.4, -0.2) is 42.0 Å². The van der Waals surface area contributed by atoms with Crippen LogP contribution in [0.3, 0.4) is 0 Å². The third kappa shape index (κ3) is 5.26. The largest absolute Gasteiger partial charge is 0.421 e. The van der Waals surface area contributed by atoms with Crippen LogP contribution in [0.15, 0.2) is 40.6 Å². The van der Waals surface area contributed by atoms with Gasteiger partial charge in [-0.3, -0.25) is 4.98 Å². The van der Waals surface area contributed by atoms with Crippen molar-refractivity contribution in [3.63, 3.8) is 0 Å². The third-order valence-electron chi connectivity index (χ3n) is 5.76. The number of ether oxygens (including phenoxy) is 1. The molecule has 3 rings (SSSR count). The average molecular weight is 385 g/mol. The molecule has 0 spiro atoms. The summed E-state index contributed by atoms with van der Waals surface area (Å²) in [5, 5.41) is 12.0. The van der Waals surface area contributed by atoms with Gasteiger partial charge in [0, 0.05) is 44.6 Å². The van der Waals surface area contributed by atoms with Crippen molar-refractivity contribution >= 4 is 0 Å². The van der Waals surface area contributed by atoms with Gasteiger partial charge in [-0.25, -0.2) is 0 Å². The molecule has 0 fully saturated rings. The molecule has 28 heavy (non-hydrogen) atoms. The molecule has 152 valence electrons. The van der Waals surface area contributed by atoms with Gasteiger partial charge in [-0.15, -0.1) is 10.2 Å². The van der Waals surface area contributed by atoms with Crippen LogP contribution in [0, 0.1) is 23.7 Å². The summed E-state index contributed by atoms with van der Waals surface area (Å²) >= 11 is 0. The van der Waals surface area contributed by atoms with Gasteiger partial charge in [-0.1, -0.05) is 25.5 Å². The van der Waals surface area contributed by atoms with Crippen LogP contribution in [0.4, 0.5) is 0 Å². The summed E-state index contributed by atoms with van der Waals surface area (Å²) in [6.45, 7) is 9.54. The van der Waals surface area contributed by atoms with Gasteiger partial charge in [0.25, 0.3) is 0 Å². The van der Waals surface area contributed by atoms with Crippen molar-refractivity contribution in [3.05, 3.63) is 42.1 Å². The fourth-order valence-electron chi connectivity index (χ4n) is 4.11. The maximum absolute atomic E-state index is 5.93. The molecule has 0 aliphatic heterocycles. The zero-order valence-corrected chi connectivity index (χ0v) is 17.4. The SMILES string of the molecule is COCCNC[C@@H]1C=C(C)[C@H](Cc2nnc(-c3ccncc3)o2)C[C@H]1C(C)C. The maximum atomic E-state index is 5.93. The predicted octanol–water partition coefficient (Wildman–Crippen LogP) is 3.76. The van der Waals surface area contributed by atoms with Gasteiger partial charge in [-0.2, -0.15) is 0 Å². The number of rotatable bonds is 9. The molecule has 6 heteroatoms. The average Bonchev–Trinajstić information content (AvgIpc) is 3.16. The third-order valence-corrected chi connectivity index (χ3v) is 5.76. The molecule has 2 aromatic heterocycles. The fraction of sp³-hybridized carbons (Fsp3) is 0.591. The highest BCUT2D eigenvalue weighted by atomic mass is 16.5. The van der Waals surface area contributed by atoms with Crippen LogP contribution in [0.1, 0.15) is 33.1 Å². The van der Waals surface area contributed by atoms with Crippen molar-refractivity contribution in [3.8, 4) is 11.5 Å². The topological polar surface area (TPSA) is 73.1 Å². The van der Waals surface area contributed by atoms with Crippen LogP contribution in [-0.2, 0) is 11.2 Å². The van der Waals surface area contributed by atoms with Gasteiger partial charge >= 0.3 is 0 Å². The number of hydrogen-bond acceptors (Lipinski definition) is 6. The molecule has 0 saturated carbocycles. The second-order valence-electron chi connectivity index (χ2n) is 8.05. The van der Waals surface area contributed by atoms with Gasteiger partial charge in [0.2, 0.25) is 11.8 Å². The second-order valence-corrected chi connectivity index (χ2v) is 8.05. The van der Waals surface area contributed by atoms with Crippen molar-refractivity contribution in [2.24, 2.45) is 23.7 Å². The van der Waals surface area contributed by atoms with Crippen LogP contribution < -0.4 is 5.32 Å². The molecule has 2 aromatic rings. The first-order valence-electron chi connectivity index (χ1n) is 10.2. The van der Waals surface area contributed by atoms with E-state index >= 15 is 0 Å². The Balaban J connectivity index is 1.66. The number of nitrogens with zero attached hydrogens (tertiary/aromatic N) is 3. The number of allylic oxidation sites excluding steroid dienone is 1. The Morgan fingerprint density at radius 2 is 2.04 bits per heavy atom. The molecule has 6 nitrogen and oxygen atoms in total. The zero-order valence-electron chi connectivity index (χ0n) is 17.4. The summed E-state index contributed by atoms with van der Waals surface area (Å²) in [7, 11) is 1.74. The zero-order chi connectivity index (χ0) is 19.9. The monoisotopic (exact) mass is 384 g/mol. The Hall–Kier alpha value is -2.05. The van der Waals surface area contributed by atoms with E-state index in [0.29, 0.717) is 35.5 Å². The molecule has 2 heterocycles. The van der Waals surface area contributed by atoms with Crippen molar-refractivity contribution in [2.75, 3.05) is 26.8 Å². The lowest BCUT2D eigenvalue weighted by Gasteiger charge is -2.37. The van der Waals surface area contributed by atoms with Gasteiger partial charge in [0.05, 0.1) is 6.61 Å². The molecule has 1 N–H and O–H groups in total. The van der Waals surface area contributed by atoms with E-state index in [1.807, 2.05) is 12.1 Å². The van der Waals surface area contributed by atoms with E-state index in [1.54, 1.807) is 19.5 Å². The molecular weight excluding hydrogens is 352 g/mol. The highest BCUT2D eigenvalue weighted by Crippen LogP contribution is 2.38. The van der Waals surface area contributed by atoms with Crippen LogP contribution >= 0.6 is 0 Å². The second kappa shape index (κ2) is 9.94. The molecule has 0 bridgehead atoms. The minimum atomic E-state index is 0.452. The van der Waals surface area contributed by atoms with E-state index in [4.69, 9.17) is 9.15 Å². The van der Waals surface area contributed by atoms with E-state index in [9.17, 15) is 0 Å². The molecule has 0 amide bonds. The lowest BCUT2D eigenvalue weighted by molar-refractivity contribution is 0.188. The van der Waals surface area contributed by atoms with Crippen molar-refractivity contribution < 1.29 is 9.15 Å². The summed E-state index contributed by atoms with van der Waals surface area (Å²) in [6, 6.07) is 3.78. The molecule has 0 saturated heterocycles. The minimum absolute atomic E-state index is 0.452. The molecule has 0 aromatic carbocycles. The van der Waals surface area contributed by atoms with Gasteiger partial charge in [-0.05, 0) is 49.1 Å². The summed E-state index contributed by atoms with van der Waals surface area (Å²) in [6.07, 6.45) is 7.89. The minimum Gasteiger partial charge on any atom is -0.421 e. The van der Waals surface area contributed by atoms with Crippen LogP contribution in [0.25, 0.3) is 11.5 Å². The fourth-order valence-corrected chi connectivity index (χ4v) is 4.11. The lowest BCUT2D eigenvalue weighted by Crippen LogP contribution is -2.35. The van der Waals surface area contributed by atoms with Gasteiger partial charge in [0.15, 0.2) is 0 Å². The Kier molecular flexibility index (Phi) is 7.34. The van der Waals surface area contributed by atoms with E-state index in [2.05, 4.69) is 47.3 Å². The highest BCUT2D eigenvalue weighted by molar-refractivity contribution is 5.50. The van der Waals surface area contributed by atoms with Gasteiger partial charge in [0.1, 0.15) is 0 Å². The molecule has 3 atom stereocenters. The Labute approximate surface area is 167 Å². The normalized spacial score (nSPS) is 22.5. The van der Waals surface area contributed by atoms with Crippen LogP contribution in [0.5, 0.6) is 0 Å². The standard InChI is InChI=1S/C22H32N4O2/c1-15(2)20-12-18(16(3)11-19(20)14-24-9-10-27-4)13-21-25-26-22(28-21)17-5-7-23-8-6-17/h5-8,11,15,18-20,24H,9-10,12-14H2,1-4H3/t18-,19-,20-/m0/s1.